The summed E-state index contributed by atoms with van der Waals surface area (Å²) in [6.07, 6.45) is 0. The molecule has 0 aliphatic rings. The van der Waals surface area contributed by atoms with Crippen molar-refractivity contribution in [3.05, 3.63) is 0 Å². The highest BCUT2D eigenvalue weighted by Crippen LogP contribution is 2.14. The Hall–Kier alpha value is 0.0700. The van der Waals surface area contributed by atoms with Crippen LogP contribution in [0.5, 0.6) is 0 Å². The molecule has 4 N–H and O–H groups in total. The number of aliphatic hydroxyl groups excluding tert-OH is 4. The largest absolute Gasteiger partial charge is 0.396 e. The fourth-order valence-electron chi connectivity index (χ4n) is 1.30. The monoisotopic (exact) mass is 328 g/mol. The maximum atomic E-state index is 9.10. The molecular weight excluding hydrogens is 300 g/mol. The molecule has 0 fully saturated rings. The number of rotatable bonds is 16. The van der Waals surface area contributed by atoms with E-state index in [0.717, 1.165) is 11.5 Å². The average molecular weight is 328 g/mol. The van der Waals surface area contributed by atoms with E-state index in [4.69, 9.17) is 34.6 Å². The molecule has 8 heteroatoms. The third-order valence-electron chi connectivity index (χ3n) is 2.77. The first-order valence-electron chi connectivity index (χ1n) is 6.99. The molecule has 0 aromatic carbocycles. The number of ether oxygens (including phenoxy) is 3. The summed E-state index contributed by atoms with van der Waals surface area (Å²) in [6.45, 7) is 1.58. The van der Waals surface area contributed by atoms with Gasteiger partial charge in [0.05, 0.1) is 71.5 Å². The minimum atomic E-state index is -0.982. The fraction of sp³-hybridized carbons (Fsp3) is 1.00. The van der Waals surface area contributed by atoms with Gasteiger partial charge >= 0.3 is 0 Å². The van der Waals surface area contributed by atoms with Crippen molar-refractivity contribution in [2.75, 3.05) is 77.6 Å². The van der Waals surface area contributed by atoms with Gasteiger partial charge in [-0.15, -0.1) is 0 Å². The Labute approximate surface area is 130 Å². The Kier molecular flexibility index (Phi) is 15.0. The first kappa shape index (κ1) is 21.1. The number of hydrogen-bond donors (Lipinski definition) is 4. The van der Waals surface area contributed by atoms with Crippen LogP contribution in [0.1, 0.15) is 0 Å². The van der Waals surface area contributed by atoms with Crippen LogP contribution in [0.25, 0.3) is 0 Å². The summed E-state index contributed by atoms with van der Waals surface area (Å²) < 4.78 is 15.8. The summed E-state index contributed by atoms with van der Waals surface area (Å²) in [5, 5.41) is 35.8. The summed E-state index contributed by atoms with van der Waals surface area (Å²) in [4.78, 5) is 0. The molecule has 21 heavy (non-hydrogen) atoms. The van der Waals surface area contributed by atoms with Gasteiger partial charge in [0.2, 0.25) is 0 Å². The number of thioether (sulfide) groups is 1. The summed E-state index contributed by atoms with van der Waals surface area (Å²) in [5.41, 5.74) is -0.982. The number of hydrogen-bond acceptors (Lipinski definition) is 8. The lowest BCUT2D eigenvalue weighted by molar-refractivity contribution is -0.0663. The maximum absolute atomic E-state index is 9.10. The van der Waals surface area contributed by atoms with Gasteiger partial charge in [-0.1, -0.05) is 0 Å². The van der Waals surface area contributed by atoms with Crippen LogP contribution < -0.4 is 0 Å². The SMILES string of the molecule is OCCOCCSCCOCCOCC(CO)(CO)CO. The van der Waals surface area contributed by atoms with Crippen molar-refractivity contribution in [2.24, 2.45) is 5.41 Å². The van der Waals surface area contributed by atoms with Crippen molar-refractivity contribution in [2.45, 2.75) is 0 Å². The van der Waals surface area contributed by atoms with Gasteiger partial charge in [-0.3, -0.25) is 0 Å². The molecule has 0 aromatic rings. The maximum Gasteiger partial charge on any atom is 0.0700 e. The van der Waals surface area contributed by atoms with Crippen LogP contribution >= 0.6 is 11.8 Å². The molecule has 0 aromatic heterocycles. The Morgan fingerprint density at radius 2 is 1.19 bits per heavy atom. The Bertz CT molecular complexity index is 206. The highest BCUT2D eigenvalue weighted by atomic mass is 32.2. The lowest BCUT2D eigenvalue weighted by Crippen LogP contribution is -2.39. The predicted octanol–water partition coefficient (Wildman–Crippen LogP) is -1.27. The van der Waals surface area contributed by atoms with E-state index in [1.807, 2.05) is 0 Å². The third kappa shape index (κ3) is 11.3. The van der Waals surface area contributed by atoms with E-state index in [1.165, 1.54) is 0 Å². The van der Waals surface area contributed by atoms with Crippen LogP contribution in [-0.4, -0.2) is 98.0 Å². The van der Waals surface area contributed by atoms with Crippen molar-refractivity contribution in [3.8, 4) is 0 Å². The van der Waals surface area contributed by atoms with Gasteiger partial charge in [-0.2, -0.15) is 11.8 Å². The summed E-state index contributed by atoms with van der Waals surface area (Å²) >= 11 is 1.71. The van der Waals surface area contributed by atoms with Gasteiger partial charge < -0.3 is 34.6 Å². The third-order valence-corrected chi connectivity index (χ3v) is 3.68. The smallest absolute Gasteiger partial charge is 0.0700 e. The van der Waals surface area contributed by atoms with E-state index in [1.54, 1.807) is 11.8 Å². The molecule has 0 radical (unpaired) electrons. The molecule has 0 unspecified atom stereocenters. The van der Waals surface area contributed by atoms with E-state index in [-0.39, 0.29) is 33.0 Å². The molecule has 0 saturated heterocycles. The number of aliphatic hydroxyl groups is 4. The fourth-order valence-corrected chi connectivity index (χ4v) is 1.98. The van der Waals surface area contributed by atoms with Crippen LogP contribution in [-0.2, 0) is 14.2 Å². The average Bonchev–Trinajstić information content (AvgIpc) is 2.53. The van der Waals surface area contributed by atoms with Crippen LogP contribution in [0.3, 0.4) is 0 Å². The van der Waals surface area contributed by atoms with Gasteiger partial charge in [0.25, 0.3) is 0 Å². The molecule has 0 amide bonds. The Morgan fingerprint density at radius 1 is 0.667 bits per heavy atom. The van der Waals surface area contributed by atoms with E-state index < -0.39 is 5.41 Å². The normalized spacial score (nSPS) is 12.0. The lowest BCUT2D eigenvalue weighted by atomic mass is 9.93. The van der Waals surface area contributed by atoms with Gasteiger partial charge in [0, 0.05) is 11.5 Å². The summed E-state index contributed by atoms with van der Waals surface area (Å²) in [7, 11) is 0. The Balaban J connectivity index is 3.29. The van der Waals surface area contributed by atoms with E-state index in [2.05, 4.69) is 0 Å². The topological polar surface area (TPSA) is 109 Å². The van der Waals surface area contributed by atoms with E-state index in [0.29, 0.717) is 33.0 Å². The van der Waals surface area contributed by atoms with Gasteiger partial charge in [0.1, 0.15) is 0 Å². The standard InChI is InChI=1S/C13H28O7S/c14-1-2-18-5-7-21-8-6-19-3-4-20-12-13(9-15,10-16)11-17/h14-17H,1-12H2. The molecule has 0 atom stereocenters. The second-order valence-electron chi connectivity index (χ2n) is 4.59. The first-order valence-corrected chi connectivity index (χ1v) is 8.14. The van der Waals surface area contributed by atoms with Crippen LogP contribution in [0.2, 0.25) is 0 Å². The van der Waals surface area contributed by atoms with Crippen molar-refractivity contribution in [1.29, 1.82) is 0 Å². The molecular formula is C13H28O7S. The van der Waals surface area contributed by atoms with Crippen molar-refractivity contribution in [3.63, 3.8) is 0 Å². The molecule has 7 nitrogen and oxygen atoms in total. The second-order valence-corrected chi connectivity index (χ2v) is 5.81. The zero-order valence-electron chi connectivity index (χ0n) is 12.4. The summed E-state index contributed by atoms with van der Waals surface area (Å²) in [5.74, 6) is 1.72. The molecule has 0 saturated carbocycles. The quantitative estimate of drug-likeness (QED) is 0.260. The Morgan fingerprint density at radius 3 is 1.71 bits per heavy atom. The zero-order valence-corrected chi connectivity index (χ0v) is 13.2. The predicted molar refractivity (Wildman–Crippen MR) is 80.6 cm³/mol. The molecule has 0 aliphatic heterocycles. The summed E-state index contributed by atoms with van der Waals surface area (Å²) in [6, 6.07) is 0. The van der Waals surface area contributed by atoms with Crippen LogP contribution in [0.15, 0.2) is 0 Å². The first-order chi connectivity index (χ1) is 10.2. The van der Waals surface area contributed by atoms with E-state index >= 15 is 0 Å². The van der Waals surface area contributed by atoms with Crippen molar-refractivity contribution in [1.82, 2.24) is 0 Å². The molecule has 0 rings (SSSR count). The van der Waals surface area contributed by atoms with Crippen molar-refractivity contribution >= 4 is 11.8 Å². The van der Waals surface area contributed by atoms with Crippen molar-refractivity contribution < 1.29 is 34.6 Å². The van der Waals surface area contributed by atoms with Crippen LogP contribution in [0.4, 0.5) is 0 Å². The minimum absolute atomic E-state index is 0.0535. The van der Waals surface area contributed by atoms with Crippen LogP contribution in [0, 0.1) is 5.41 Å². The van der Waals surface area contributed by atoms with E-state index in [9.17, 15) is 0 Å². The molecule has 0 heterocycles. The highest BCUT2D eigenvalue weighted by molar-refractivity contribution is 7.99. The highest BCUT2D eigenvalue weighted by Gasteiger charge is 2.28. The zero-order chi connectivity index (χ0) is 15.8. The minimum Gasteiger partial charge on any atom is -0.396 e. The molecule has 0 spiro atoms. The molecule has 0 bridgehead atoms. The lowest BCUT2D eigenvalue weighted by Gasteiger charge is -2.26. The molecule has 128 valence electrons. The second kappa shape index (κ2) is 15.0. The van der Waals surface area contributed by atoms with Gasteiger partial charge in [-0.25, -0.2) is 0 Å². The van der Waals surface area contributed by atoms with Gasteiger partial charge in [0.15, 0.2) is 0 Å². The molecule has 0 aliphatic carbocycles. The van der Waals surface area contributed by atoms with Gasteiger partial charge in [-0.05, 0) is 0 Å².